The van der Waals surface area contributed by atoms with Crippen LogP contribution in [0.5, 0.6) is 0 Å². The molecule has 0 unspecified atom stereocenters. The van der Waals surface area contributed by atoms with Crippen molar-refractivity contribution in [2.45, 2.75) is 161 Å². The third-order valence-electron chi connectivity index (χ3n) is 17.7. The van der Waals surface area contributed by atoms with E-state index in [0.29, 0.717) is 29.7 Å². The topological polar surface area (TPSA) is 57.6 Å². The van der Waals surface area contributed by atoms with Crippen molar-refractivity contribution in [1.29, 1.82) is 0 Å². The number of hydrogen-bond acceptors (Lipinski definition) is 8. The summed E-state index contributed by atoms with van der Waals surface area (Å²) in [7, 11) is 8.08. The largest absolute Gasteiger partial charge is 0.371 e. The Morgan fingerprint density at radius 1 is 0.436 bits per heavy atom. The molecule has 426 valence electrons. The van der Waals surface area contributed by atoms with Gasteiger partial charge in [0.05, 0.1) is 6.33 Å². The predicted molar refractivity (Wildman–Crippen MR) is 333 cm³/mol. The van der Waals surface area contributed by atoms with Crippen molar-refractivity contribution < 1.29 is 4.79 Å². The molecule has 10 heteroatoms. The van der Waals surface area contributed by atoms with Gasteiger partial charge in [0.2, 0.25) is 5.91 Å². The molecule has 5 aromatic rings. The Kier molecular flexibility index (Phi) is 23.0. The van der Waals surface area contributed by atoms with Crippen LogP contribution in [0.15, 0.2) is 116 Å². The molecule has 0 radical (unpaired) electrons. The van der Waals surface area contributed by atoms with Crippen molar-refractivity contribution >= 4 is 28.7 Å². The number of imidazole rings is 1. The maximum Gasteiger partial charge on any atom is 0.225 e. The predicted octanol–water partition coefficient (Wildman–Crippen LogP) is 14.2. The van der Waals surface area contributed by atoms with E-state index in [2.05, 4.69) is 212 Å². The molecule has 4 aromatic carbocycles. The number of rotatable bonds is 12. The second-order valence-electron chi connectivity index (χ2n) is 24.9. The van der Waals surface area contributed by atoms with E-state index < -0.39 is 0 Å². The fraction of sp³-hybridized carbons (Fsp3) is 0.588. The molecule has 5 aliphatic rings. The number of piperidine rings is 4. The number of anilines is 4. The summed E-state index contributed by atoms with van der Waals surface area (Å²) in [6.07, 6.45) is 18.3. The van der Waals surface area contributed by atoms with Gasteiger partial charge in [-0.3, -0.25) is 4.79 Å². The SMILES string of the molecule is CC(C)c1ccc(N2CCC(C(=O)N(C)C)CC2)cc1.CC(C)c1ccc(N2CCC(N(C)C)CC2)cc1.CC(C)c1ccc(N2CCC(N3CCCC3)CC2)cc1.CC(C)c1ccc(N2CCC(n3ccnc3)CC2)cc1. The minimum Gasteiger partial charge on any atom is -0.371 e. The van der Waals surface area contributed by atoms with Crippen molar-refractivity contribution in [2.75, 3.05) is 113 Å². The Hall–Kier alpha value is -5.32. The first-order chi connectivity index (χ1) is 37.5. The molecule has 0 aliphatic carbocycles. The lowest BCUT2D eigenvalue weighted by atomic mass is 9.95. The smallest absolute Gasteiger partial charge is 0.225 e. The van der Waals surface area contributed by atoms with Crippen molar-refractivity contribution in [1.82, 2.24) is 24.3 Å². The normalized spacial score (nSPS) is 18.3. The zero-order valence-corrected chi connectivity index (χ0v) is 50.7. The highest BCUT2D eigenvalue weighted by molar-refractivity contribution is 5.78. The molecule has 5 aliphatic heterocycles. The summed E-state index contributed by atoms with van der Waals surface area (Å²) < 4.78 is 2.25. The summed E-state index contributed by atoms with van der Waals surface area (Å²) in [6.45, 7) is 29.6. The highest BCUT2D eigenvalue weighted by Gasteiger charge is 2.28. The molecule has 0 N–H and O–H groups in total. The van der Waals surface area contributed by atoms with Gasteiger partial charge in [-0.15, -0.1) is 0 Å². The summed E-state index contributed by atoms with van der Waals surface area (Å²) in [5.41, 5.74) is 11.1. The maximum absolute atomic E-state index is 12.0. The second kappa shape index (κ2) is 29.8. The van der Waals surface area contributed by atoms with Crippen LogP contribution < -0.4 is 19.6 Å². The van der Waals surface area contributed by atoms with E-state index in [1.165, 1.54) is 136 Å². The molecule has 0 saturated carbocycles. The fourth-order valence-electron chi connectivity index (χ4n) is 12.2. The first kappa shape index (κ1) is 60.3. The third-order valence-corrected chi connectivity index (χ3v) is 17.7. The molecule has 78 heavy (non-hydrogen) atoms. The van der Waals surface area contributed by atoms with Gasteiger partial charge >= 0.3 is 0 Å². The summed E-state index contributed by atoms with van der Waals surface area (Å²) in [6, 6.07) is 38.5. The number of benzene rings is 4. The zero-order chi connectivity index (χ0) is 55.7. The van der Waals surface area contributed by atoms with Gasteiger partial charge in [0, 0.05) is 126 Å². The van der Waals surface area contributed by atoms with Crippen molar-refractivity contribution in [2.24, 2.45) is 5.92 Å². The molecule has 1 amide bonds. The van der Waals surface area contributed by atoms with Gasteiger partial charge in [0.1, 0.15) is 0 Å². The summed E-state index contributed by atoms with van der Waals surface area (Å²) in [5, 5.41) is 0. The molecule has 5 fully saturated rings. The van der Waals surface area contributed by atoms with Crippen LogP contribution in [0.1, 0.15) is 172 Å². The molecule has 0 spiro atoms. The maximum atomic E-state index is 12.0. The van der Waals surface area contributed by atoms with Crippen molar-refractivity contribution in [3.8, 4) is 0 Å². The minimum absolute atomic E-state index is 0.205. The van der Waals surface area contributed by atoms with Crippen LogP contribution in [-0.2, 0) is 4.79 Å². The highest BCUT2D eigenvalue weighted by atomic mass is 16.2. The minimum atomic E-state index is 0.205. The van der Waals surface area contributed by atoms with E-state index in [0.717, 1.165) is 51.1 Å². The van der Waals surface area contributed by atoms with E-state index in [4.69, 9.17) is 0 Å². The number of carbonyl (C=O) groups excluding carboxylic acids is 1. The van der Waals surface area contributed by atoms with E-state index >= 15 is 0 Å². The standard InChI is InChI=1S/C18H28N2.C17H23N3.C17H26N2O.C16H26N2/c1-15(2)16-5-7-17(8-6-16)20-13-9-18(10-14-20)19-11-3-4-12-19;1-14(2)15-3-5-16(6-4-15)19-10-7-17(8-11-19)20-12-9-18-13-20;1-13(2)14-5-7-16(8-6-14)19-11-9-15(10-12-19)17(20)18(3)4;1-13(2)14-5-7-16(8-6-14)18-11-9-15(10-12-18)17(3)4/h5-8,15,18H,3-4,9-14H2,1-2H3;3-6,9,12-14,17H,7-8,10-11H2,1-2H3;5-8,13,15H,9-12H2,1-4H3;5-8,13,15H,9-12H2,1-4H3. The number of nitrogens with zero attached hydrogens (tertiary/aromatic N) is 9. The van der Waals surface area contributed by atoms with Crippen LogP contribution in [-0.4, -0.2) is 136 Å². The van der Waals surface area contributed by atoms with E-state index in [-0.39, 0.29) is 11.8 Å². The van der Waals surface area contributed by atoms with E-state index in [1.54, 1.807) is 4.90 Å². The Labute approximate surface area is 474 Å². The van der Waals surface area contributed by atoms with Gasteiger partial charge in [-0.1, -0.05) is 104 Å². The van der Waals surface area contributed by atoms with Crippen LogP contribution in [0, 0.1) is 5.92 Å². The number of aromatic nitrogens is 2. The summed E-state index contributed by atoms with van der Waals surface area (Å²) >= 11 is 0. The number of hydrogen-bond donors (Lipinski definition) is 0. The Bertz CT molecular complexity index is 2430. The molecule has 10 rings (SSSR count). The lowest BCUT2D eigenvalue weighted by Crippen LogP contribution is -2.43. The van der Waals surface area contributed by atoms with Crippen LogP contribution in [0.2, 0.25) is 0 Å². The molecule has 0 bridgehead atoms. The first-order valence-corrected chi connectivity index (χ1v) is 30.5. The first-order valence-electron chi connectivity index (χ1n) is 30.5. The van der Waals surface area contributed by atoms with E-state index in [1.807, 2.05) is 26.6 Å². The number of amides is 1. The average molecular weight is 1060 g/mol. The Morgan fingerprint density at radius 2 is 0.756 bits per heavy atom. The van der Waals surface area contributed by atoms with Gasteiger partial charge in [0.25, 0.3) is 0 Å². The van der Waals surface area contributed by atoms with Gasteiger partial charge in [-0.05, 0) is 186 Å². The number of likely N-dealkylation sites (tertiary alicyclic amines) is 1. The quantitative estimate of drug-likeness (QED) is 0.123. The van der Waals surface area contributed by atoms with Crippen LogP contribution in [0.25, 0.3) is 0 Å². The van der Waals surface area contributed by atoms with E-state index in [9.17, 15) is 4.79 Å². The fourth-order valence-corrected chi connectivity index (χ4v) is 12.2. The molecular formula is C68H103N9O. The number of carbonyl (C=O) groups is 1. The summed E-state index contributed by atoms with van der Waals surface area (Å²) in [5.74, 6) is 2.92. The van der Waals surface area contributed by atoms with Gasteiger partial charge in [-0.25, -0.2) is 4.98 Å². The van der Waals surface area contributed by atoms with Crippen LogP contribution >= 0.6 is 0 Å². The second-order valence-corrected chi connectivity index (χ2v) is 24.9. The lowest BCUT2D eigenvalue weighted by Gasteiger charge is -2.37. The zero-order valence-electron chi connectivity index (χ0n) is 50.7. The third kappa shape index (κ3) is 17.3. The van der Waals surface area contributed by atoms with Gasteiger partial charge in [-0.2, -0.15) is 0 Å². The average Bonchev–Trinajstić information content (AvgIpc) is 4.24. The molecule has 5 saturated heterocycles. The molecule has 10 nitrogen and oxygen atoms in total. The van der Waals surface area contributed by atoms with Crippen LogP contribution in [0.4, 0.5) is 22.7 Å². The summed E-state index contributed by atoms with van der Waals surface area (Å²) in [4.78, 5) is 32.9. The Morgan fingerprint density at radius 3 is 1.05 bits per heavy atom. The highest BCUT2D eigenvalue weighted by Crippen LogP contribution is 2.31. The van der Waals surface area contributed by atoms with Crippen LogP contribution in [0.3, 0.4) is 0 Å². The Balaban J connectivity index is 0.000000151. The van der Waals surface area contributed by atoms with Crippen molar-refractivity contribution in [3.63, 3.8) is 0 Å². The monoisotopic (exact) mass is 1060 g/mol. The molecular weight excluding hydrogens is 959 g/mol. The van der Waals surface area contributed by atoms with Gasteiger partial charge in [0.15, 0.2) is 0 Å². The van der Waals surface area contributed by atoms with Crippen molar-refractivity contribution in [3.05, 3.63) is 138 Å². The van der Waals surface area contributed by atoms with Gasteiger partial charge < -0.3 is 38.9 Å². The lowest BCUT2D eigenvalue weighted by molar-refractivity contribution is -0.133. The molecule has 6 heterocycles. The molecule has 1 aromatic heterocycles. The molecule has 0 atom stereocenters.